The molecule has 5 nitrogen and oxygen atoms in total. The Kier molecular flexibility index (Phi) is 4.39. The third kappa shape index (κ3) is 3.06. The van der Waals surface area contributed by atoms with Gasteiger partial charge in [0, 0.05) is 49.5 Å². The summed E-state index contributed by atoms with van der Waals surface area (Å²) < 4.78 is 5.47. The van der Waals surface area contributed by atoms with Gasteiger partial charge in [0.1, 0.15) is 0 Å². The van der Waals surface area contributed by atoms with Gasteiger partial charge in [-0.2, -0.15) is 0 Å². The van der Waals surface area contributed by atoms with E-state index in [-0.39, 0.29) is 5.56 Å². The molecule has 2 heterocycles. The third-order valence-corrected chi connectivity index (χ3v) is 4.89. The number of pyridine rings is 1. The van der Waals surface area contributed by atoms with Crippen LogP contribution < -0.4 is 15.4 Å². The zero-order chi connectivity index (χ0) is 18.1. The van der Waals surface area contributed by atoms with E-state index in [4.69, 9.17) is 4.74 Å². The summed E-state index contributed by atoms with van der Waals surface area (Å²) in [5.74, 6) is 0. The van der Waals surface area contributed by atoms with Crippen molar-refractivity contribution in [1.82, 2.24) is 4.98 Å². The molecule has 1 aromatic heterocycles. The highest BCUT2D eigenvalue weighted by Gasteiger charge is 2.16. The maximum atomic E-state index is 12.7. The number of para-hydroxylation sites is 1. The summed E-state index contributed by atoms with van der Waals surface area (Å²) >= 11 is 0. The minimum Gasteiger partial charge on any atom is -0.378 e. The molecule has 0 atom stereocenters. The normalized spacial score (nSPS) is 14.6. The highest BCUT2D eigenvalue weighted by molar-refractivity contribution is 5.89. The first kappa shape index (κ1) is 16.7. The number of nitrogens with zero attached hydrogens (tertiary/aromatic N) is 2. The van der Waals surface area contributed by atoms with E-state index in [0.29, 0.717) is 5.39 Å². The molecule has 0 amide bonds. The summed E-state index contributed by atoms with van der Waals surface area (Å²) in [5, 5.41) is 1.66. The van der Waals surface area contributed by atoms with Crippen LogP contribution in [0.5, 0.6) is 0 Å². The summed E-state index contributed by atoms with van der Waals surface area (Å²) in [6, 6.07) is 16.3. The number of rotatable bonds is 3. The van der Waals surface area contributed by atoms with E-state index < -0.39 is 0 Å². The molecule has 0 aliphatic carbocycles. The Morgan fingerprint density at radius 3 is 2.58 bits per heavy atom. The van der Waals surface area contributed by atoms with Gasteiger partial charge in [0.25, 0.3) is 5.56 Å². The maximum Gasteiger partial charge on any atom is 0.256 e. The molecule has 0 radical (unpaired) electrons. The summed E-state index contributed by atoms with van der Waals surface area (Å²) in [6.45, 7) is 3.19. The lowest BCUT2D eigenvalue weighted by Gasteiger charge is -2.30. The summed E-state index contributed by atoms with van der Waals surface area (Å²) in [5.41, 5.74) is 3.99. The first-order valence-electron chi connectivity index (χ1n) is 8.90. The molecule has 2 aromatic carbocycles. The van der Waals surface area contributed by atoms with Crippen LogP contribution in [0.3, 0.4) is 0 Å². The molecule has 0 unspecified atom stereocenters. The number of hydrogen-bond donors (Lipinski definition) is 1. The topological polar surface area (TPSA) is 48.6 Å². The van der Waals surface area contributed by atoms with E-state index in [9.17, 15) is 4.79 Å². The fourth-order valence-electron chi connectivity index (χ4n) is 3.45. The molecule has 3 aromatic rings. The smallest absolute Gasteiger partial charge is 0.256 e. The van der Waals surface area contributed by atoms with Crippen LogP contribution in [0.25, 0.3) is 22.0 Å². The number of fused-ring (bicyclic) bond motifs is 1. The van der Waals surface area contributed by atoms with E-state index in [0.717, 1.165) is 54.3 Å². The highest BCUT2D eigenvalue weighted by atomic mass is 16.5. The minimum absolute atomic E-state index is 0.0574. The number of aromatic amines is 1. The molecule has 1 aliphatic heterocycles. The van der Waals surface area contributed by atoms with Crippen molar-refractivity contribution in [1.29, 1.82) is 0 Å². The summed E-state index contributed by atoms with van der Waals surface area (Å²) in [6.07, 6.45) is 0. The van der Waals surface area contributed by atoms with E-state index in [2.05, 4.69) is 28.1 Å². The van der Waals surface area contributed by atoms with Crippen molar-refractivity contribution in [2.45, 2.75) is 0 Å². The standard InChI is InChI=1S/C21H23N3O2/c1-23(2)16-8-7-15-13-19(22-21(25)18(15)14-16)17-5-3-4-6-20(17)24-9-11-26-12-10-24/h3-8,13-14H,9-12H2,1-2H3,(H,22,25). The number of nitrogens with one attached hydrogen (secondary N) is 1. The lowest BCUT2D eigenvalue weighted by molar-refractivity contribution is 0.123. The van der Waals surface area contributed by atoms with Crippen molar-refractivity contribution in [2.24, 2.45) is 0 Å². The predicted molar refractivity (Wildman–Crippen MR) is 107 cm³/mol. The van der Waals surface area contributed by atoms with Gasteiger partial charge in [-0.1, -0.05) is 24.3 Å². The Morgan fingerprint density at radius 2 is 1.81 bits per heavy atom. The van der Waals surface area contributed by atoms with Gasteiger partial charge >= 0.3 is 0 Å². The zero-order valence-corrected chi connectivity index (χ0v) is 15.2. The number of anilines is 2. The second kappa shape index (κ2) is 6.84. The molecule has 1 aliphatic rings. The van der Waals surface area contributed by atoms with Gasteiger partial charge in [0.2, 0.25) is 0 Å². The van der Waals surface area contributed by atoms with Crippen molar-refractivity contribution >= 4 is 22.1 Å². The number of H-pyrrole nitrogens is 1. The molecule has 1 saturated heterocycles. The summed E-state index contributed by atoms with van der Waals surface area (Å²) in [4.78, 5) is 20.1. The van der Waals surface area contributed by atoms with Gasteiger partial charge in [0.15, 0.2) is 0 Å². The van der Waals surface area contributed by atoms with Crippen molar-refractivity contribution in [3.05, 3.63) is 58.9 Å². The molecule has 0 bridgehead atoms. The Labute approximate surface area is 152 Å². The van der Waals surface area contributed by atoms with Crippen LogP contribution in [0, 0.1) is 0 Å². The zero-order valence-electron chi connectivity index (χ0n) is 15.2. The second-order valence-electron chi connectivity index (χ2n) is 6.79. The fourth-order valence-corrected chi connectivity index (χ4v) is 3.45. The van der Waals surface area contributed by atoms with Gasteiger partial charge in [-0.3, -0.25) is 4.79 Å². The average molecular weight is 349 g/mol. The van der Waals surface area contributed by atoms with Crippen molar-refractivity contribution in [3.8, 4) is 11.3 Å². The minimum atomic E-state index is -0.0574. The average Bonchev–Trinajstić information content (AvgIpc) is 2.68. The molecule has 134 valence electrons. The first-order valence-corrected chi connectivity index (χ1v) is 8.90. The molecule has 4 rings (SSSR count). The van der Waals surface area contributed by atoms with Crippen molar-refractivity contribution in [3.63, 3.8) is 0 Å². The van der Waals surface area contributed by atoms with Gasteiger partial charge in [-0.05, 0) is 29.7 Å². The van der Waals surface area contributed by atoms with Gasteiger partial charge in [-0.15, -0.1) is 0 Å². The first-order chi connectivity index (χ1) is 12.6. The number of hydrogen-bond acceptors (Lipinski definition) is 4. The number of morpholine rings is 1. The van der Waals surface area contributed by atoms with E-state index in [1.54, 1.807) is 0 Å². The van der Waals surface area contributed by atoms with Crippen LogP contribution in [0.15, 0.2) is 53.3 Å². The largest absolute Gasteiger partial charge is 0.378 e. The van der Waals surface area contributed by atoms with E-state index >= 15 is 0 Å². The van der Waals surface area contributed by atoms with Crippen molar-refractivity contribution < 1.29 is 4.74 Å². The van der Waals surface area contributed by atoms with Gasteiger partial charge in [0.05, 0.1) is 18.9 Å². The lowest BCUT2D eigenvalue weighted by atomic mass is 10.0. The summed E-state index contributed by atoms with van der Waals surface area (Å²) in [7, 11) is 3.95. The van der Waals surface area contributed by atoms with Crippen LogP contribution in [0.1, 0.15) is 0 Å². The van der Waals surface area contributed by atoms with Gasteiger partial charge < -0.3 is 19.5 Å². The quantitative estimate of drug-likeness (QED) is 0.789. The van der Waals surface area contributed by atoms with Crippen molar-refractivity contribution in [2.75, 3.05) is 50.2 Å². The van der Waals surface area contributed by atoms with E-state index in [1.807, 2.05) is 49.3 Å². The SMILES string of the molecule is CN(C)c1ccc2cc(-c3ccccc3N3CCOCC3)[nH]c(=O)c2c1. The number of ether oxygens (including phenoxy) is 1. The number of benzene rings is 2. The van der Waals surface area contributed by atoms with Gasteiger partial charge in [-0.25, -0.2) is 0 Å². The Morgan fingerprint density at radius 1 is 1.04 bits per heavy atom. The molecule has 0 saturated carbocycles. The third-order valence-electron chi connectivity index (χ3n) is 4.89. The molecule has 1 N–H and O–H groups in total. The second-order valence-corrected chi connectivity index (χ2v) is 6.79. The van der Waals surface area contributed by atoms with Crippen LogP contribution in [0.2, 0.25) is 0 Å². The van der Waals surface area contributed by atoms with E-state index in [1.165, 1.54) is 0 Å². The van der Waals surface area contributed by atoms with Crippen LogP contribution in [-0.2, 0) is 4.74 Å². The molecular weight excluding hydrogens is 326 g/mol. The lowest BCUT2D eigenvalue weighted by Crippen LogP contribution is -2.36. The molecule has 0 spiro atoms. The monoisotopic (exact) mass is 349 g/mol. The molecule has 26 heavy (non-hydrogen) atoms. The molecular formula is C21H23N3O2. The van der Waals surface area contributed by atoms with Crippen LogP contribution >= 0.6 is 0 Å². The number of aromatic nitrogens is 1. The fraction of sp³-hybridized carbons (Fsp3) is 0.286. The van der Waals surface area contributed by atoms with Crippen LogP contribution in [-0.4, -0.2) is 45.4 Å². The molecule has 5 heteroatoms. The van der Waals surface area contributed by atoms with Crippen LogP contribution in [0.4, 0.5) is 11.4 Å². The molecule has 1 fully saturated rings. The Bertz CT molecular complexity index is 988. The highest BCUT2D eigenvalue weighted by Crippen LogP contribution is 2.31. The maximum absolute atomic E-state index is 12.7. The Hall–Kier alpha value is -2.79. The predicted octanol–water partition coefficient (Wildman–Crippen LogP) is 3.10. The Balaban J connectivity index is 1.83.